The second kappa shape index (κ2) is 7.85. The van der Waals surface area contributed by atoms with Crippen molar-refractivity contribution < 1.29 is 8.78 Å². The zero-order valence-electron chi connectivity index (χ0n) is 13.0. The Bertz CT molecular complexity index is 450. The van der Waals surface area contributed by atoms with E-state index in [-0.39, 0.29) is 0 Å². The minimum absolute atomic E-state index is 0.434. The van der Waals surface area contributed by atoms with E-state index < -0.39 is 11.6 Å². The Hall–Kier alpha value is -1.00. The van der Waals surface area contributed by atoms with Crippen LogP contribution in [0.3, 0.4) is 0 Å². The van der Waals surface area contributed by atoms with Crippen LogP contribution in [0.2, 0.25) is 0 Å². The van der Waals surface area contributed by atoms with Crippen molar-refractivity contribution in [2.45, 2.75) is 58.2 Å². The summed E-state index contributed by atoms with van der Waals surface area (Å²) in [6.07, 6.45) is 4.51. The van der Waals surface area contributed by atoms with Gasteiger partial charge in [-0.25, -0.2) is 8.78 Å². The smallest absolute Gasteiger partial charge is 0.130 e. The molecule has 1 aliphatic rings. The van der Waals surface area contributed by atoms with Gasteiger partial charge in [-0.3, -0.25) is 4.90 Å². The van der Waals surface area contributed by atoms with Gasteiger partial charge in [0.05, 0.1) is 0 Å². The molecule has 2 nitrogen and oxygen atoms in total. The molecule has 1 fully saturated rings. The number of piperazine rings is 1. The van der Waals surface area contributed by atoms with Crippen LogP contribution < -0.4 is 5.32 Å². The molecule has 0 aromatic heterocycles. The number of nitrogens with one attached hydrogen (secondary N) is 1. The standard InChI is InChI=1S/C17H26F2N2/c1-3-5-15-12-21(16(6-4-2)10-20-15)11-13-7-8-14(18)9-17(13)19/h7-9,15-16,20H,3-6,10-12H2,1-2H3. The molecule has 2 atom stereocenters. The summed E-state index contributed by atoms with van der Waals surface area (Å²) in [6, 6.07) is 4.82. The third-order valence-electron chi connectivity index (χ3n) is 4.26. The van der Waals surface area contributed by atoms with E-state index in [2.05, 4.69) is 24.1 Å². The lowest BCUT2D eigenvalue weighted by molar-refractivity contribution is 0.110. The highest BCUT2D eigenvalue weighted by Crippen LogP contribution is 2.19. The number of nitrogens with zero attached hydrogens (tertiary/aromatic N) is 1. The van der Waals surface area contributed by atoms with E-state index in [0.29, 0.717) is 24.2 Å². The second-order valence-corrected chi connectivity index (χ2v) is 6.00. The zero-order valence-corrected chi connectivity index (χ0v) is 13.0. The van der Waals surface area contributed by atoms with Crippen LogP contribution >= 0.6 is 0 Å². The van der Waals surface area contributed by atoms with Gasteiger partial charge in [0.2, 0.25) is 0 Å². The van der Waals surface area contributed by atoms with Crippen molar-refractivity contribution in [2.24, 2.45) is 0 Å². The Morgan fingerprint density at radius 2 is 1.95 bits per heavy atom. The summed E-state index contributed by atoms with van der Waals surface area (Å²) in [5.74, 6) is -0.943. The molecule has 118 valence electrons. The molecule has 0 radical (unpaired) electrons. The molecule has 21 heavy (non-hydrogen) atoms. The minimum atomic E-state index is -0.509. The first-order chi connectivity index (χ1) is 10.1. The molecule has 1 heterocycles. The van der Waals surface area contributed by atoms with E-state index in [4.69, 9.17) is 0 Å². The van der Waals surface area contributed by atoms with Gasteiger partial charge < -0.3 is 5.32 Å². The van der Waals surface area contributed by atoms with E-state index >= 15 is 0 Å². The molecule has 0 spiro atoms. The number of hydrogen-bond acceptors (Lipinski definition) is 2. The molecule has 1 N–H and O–H groups in total. The average Bonchev–Trinajstić information content (AvgIpc) is 2.45. The van der Waals surface area contributed by atoms with Crippen LogP contribution in [0.25, 0.3) is 0 Å². The minimum Gasteiger partial charge on any atom is -0.311 e. The molecule has 2 unspecified atom stereocenters. The normalized spacial score (nSPS) is 23.4. The Morgan fingerprint density at radius 1 is 1.19 bits per heavy atom. The highest BCUT2D eigenvalue weighted by Gasteiger charge is 2.27. The predicted molar refractivity (Wildman–Crippen MR) is 82.2 cm³/mol. The van der Waals surface area contributed by atoms with Crippen LogP contribution in [-0.2, 0) is 6.54 Å². The number of benzene rings is 1. The average molecular weight is 296 g/mol. The molecule has 0 saturated carbocycles. The van der Waals surface area contributed by atoms with Crippen molar-refractivity contribution in [2.75, 3.05) is 13.1 Å². The molecule has 2 rings (SSSR count). The van der Waals surface area contributed by atoms with Crippen LogP contribution in [0.1, 0.15) is 45.1 Å². The summed E-state index contributed by atoms with van der Waals surface area (Å²) in [5, 5.41) is 3.60. The molecule has 0 aliphatic carbocycles. The maximum Gasteiger partial charge on any atom is 0.130 e. The van der Waals surface area contributed by atoms with E-state index in [0.717, 1.165) is 44.8 Å². The van der Waals surface area contributed by atoms with Crippen molar-refractivity contribution in [3.63, 3.8) is 0 Å². The molecular formula is C17H26F2N2. The van der Waals surface area contributed by atoms with Gasteiger partial charge in [0, 0.05) is 43.3 Å². The van der Waals surface area contributed by atoms with Gasteiger partial charge in [-0.2, -0.15) is 0 Å². The summed E-state index contributed by atoms with van der Waals surface area (Å²) in [4.78, 5) is 2.36. The van der Waals surface area contributed by atoms with Crippen molar-refractivity contribution in [3.8, 4) is 0 Å². The number of hydrogen-bond donors (Lipinski definition) is 1. The van der Waals surface area contributed by atoms with Gasteiger partial charge >= 0.3 is 0 Å². The quantitative estimate of drug-likeness (QED) is 0.861. The fourth-order valence-corrected chi connectivity index (χ4v) is 3.15. The van der Waals surface area contributed by atoms with Gasteiger partial charge in [-0.1, -0.05) is 32.8 Å². The van der Waals surface area contributed by atoms with Crippen LogP contribution in [0.15, 0.2) is 18.2 Å². The summed E-state index contributed by atoms with van der Waals surface area (Å²) in [7, 11) is 0. The molecule has 1 aromatic rings. The number of halogens is 2. The van der Waals surface area contributed by atoms with Crippen LogP contribution in [0.5, 0.6) is 0 Å². The van der Waals surface area contributed by atoms with Gasteiger partial charge in [-0.05, 0) is 18.9 Å². The Kier molecular flexibility index (Phi) is 6.12. The highest BCUT2D eigenvalue weighted by molar-refractivity contribution is 5.18. The Balaban J connectivity index is 2.07. The van der Waals surface area contributed by atoms with Crippen molar-refractivity contribution in [3.05, 3.63) is 35.4 Å². The van der Waals surface area contributed by atoms with Crippen molar-refractivity contribution in [1.29, 1.82) is 0 Å². The molecule has 1 saturated heterocycles. The van der Waals surface area contributed by atoms with Gasteiger partial charge in [0.1, 0.15) is 11.6 Å². The summed E-state index contributed by atoms with van der Waals surface area (Å²) in [6.45, 7) is 6.83. The first kappa shape index (κ1) is 16.4. The predicted octanol–water partition coefficient (Wildman–Crippen LogP) is 3.71. The first-order valence-corrected chi connectivity index (χ1v) is 8.05. The van der Waals surface area contributed by atoms with Crippen molar-refractivity contribution in [1.82, 2.24) is 10.2 Å². The van der Waals surface area contributed by atoms with Crippen LogP contribution in [-0.4, -0.2) is 30.1 Å². The summed E-state index contributed by atoms with van der Waals surface area (Å²) >= 11 is 0. The van der Waals surface area contributed by atoms with Crippen LogP contribution in [0, 0.1) is 11.6 Å². The third kappa shape index (κ3) is 4.48. The van der Waals surface area contributed by atoms with E-state index in [9.17, 15) is 8.78 Å². The molecule has 0 amide bonds. The van der Waals surface area contributed by atoms with Gasteiger partial charge in [0.15, 0.2) is 0 Å². The lowest BCUT2D eigenvalue weighted by Crippen LogP contribution is -2.55. The fraction of sp³-hybridized carbons (Fsp3) is 0.647. The SMILES string of the molecule is CCCC1CN(Cc2ccc(F)cc2F)C(CCC)CN1. The molecule has 0 bridgehead atoms. The van der Waals surface area contributed by atoms with E-state index in [1.54, 1.807) is 6.07 Å². The molecule has 1 aliphatic heterocycles. The Morgan fingerprint density at radius 3 is 2.62 bits per heavy atom. The zero-order chi connectivity index (χ0) is 15.2. The largest absolute Gasteiger partial charge is 0.311 e. The first-order valence-electron chi connectivity index (χ1n) is 8.05. The molecule has 4 heteroatoms. The van der Waals surface area contributed by atoms with E-state index in [1.165, 1.54) is 6.07 Å². The number of rotatable bonds is 6. The second-order valence-electron chi connectivity index (χ2n) is 6.00. The Labute approximate surface area is 126 Å². The maximum atomic E-state index is 13.9. The molecule has 1 aromatic carbocycles. The van der Waals surface area contributed by atoms with Crippen LogP contribution in [0.4, 0.5) is 8.78 Å². The fourth-order valence-electron chi connectivity index (χ4n) is 3.15. The lowest BCUT2D eigenvalue weighted by Gasteiger charge is -2.40. The van der Waals surface area contributed by atoms with Gasteiger partial charge in [0.25, 0.3) is 0 Å². The summed E-state index contributed by atoms with van der Waals surface area (Å²) in [5.41, 5.74) is 0.592. The van der Waals surface area contributed by atoms with Gasteiger partial charge in [-0.15, -0.1) is 0 Å². The molecular weight excluding hydrogens is 270 g/mol. The van der Waals surface area contributed by atoms with Crippen molar-refractivity contribution >= 4 is 0 Å². The summed E-state index contributed by atoms with van der Waals surface area (Å²) < 4.78 is 26.9. The third-order valence-corrected chi connectivity index (χ3v) is 4.26. The highest BCUT2D eigenvalue weighted by atomic mass is 19.1. The maximum absolute atomic E-state index is 13.9. The monoisotopic (exact) mass is 296 g/mol. The van der Waals surface area contributed by atoms with E-state index in [1.807, 2.05) is 0 Å². The lowest BCUT2D eigenvalue weighted by atomic mass is 10.0. The topological polar surface area (TPSA) is 15.3 Å².